The van der Waals surface area contributed by atoms with Crippen LogP contribution in [0.4, 0.5) is 5.95 Å². The molecule has 0 fully saturated rings. The number of nitrogens with zero attached hydrogens (tertiary/aromatic N) is 3. The summed E-state index contributed by atoms with van der Waals surface area (Å²) in [6, 6.07) is 3.84. The highest BCUT2D eigenvalue weighted by Gasteiger charge is 2.06. The Morgan fingerprint density at radius 3 is 3.13 bits per heavy atom. The number of fused-ring (bicyclic) bond motifs is 1. The second kappa shape index (κ2) is 4.27. The van der Waals surface area contributed by atoms with Gasteiger partial charge in [0, 0.05) is 19.8 Å². The van der Waals surface area contributed by atoms with E-state index < -0.39 is 0 Å². The van der Waals surface area contributed by atoms with E-state index in [1.807, 2.05) is 23.7 Å². The van der Waals surface area contributed by atoms with Crippen LogP contribution in [0.5, 0.6) is 0 Å². The van der Waals surface area contributed by atoms with Crippen molar-refractivity contribution < 1.29 is 0 Å². The van der Waals surface area contributed by atoms with Crippen LogP contribution in [0.25, 0.3) is 11.2 Å². The van der Waals surface area contributed by atoms with E-state index in [0.717, 1.165) is 30.1 Å². The Balaban J connectivity index is 2.24. The van der Waals surface area contributed by atoms with Crippen LogP contribution >= 0.6 is 0 Å². The van der Waals surface area contributed by atoms with Crippen molar-refractivity contribution in [3.05, 3.63) is 18.3 Å². The van der Waals surface area contributed by atoms with Crippen LogP contribution in [0.15, 0.2) is 18.3 Å². The van der Waals surface area contributed by atoms with Crippen LogP contribution in [0.3, 0.4) is 0 Å². The zero-order valence-electron chi connectivity index (χ0n) is 8.77. The van der Waals surface area contributed by atoms with E-state index in [-0.39, 0.29) is 0 Å². The summed E-state index contributed by atoms with van der Waals surface area (Å²) < 4.78 is 1.95. The second-order valence-corrected chi connectivity index (χ2v) is 3.41. The molecule has 0 amide bonds. The molecule has 15 heavy (non-hydrogen) atoms. The van der Waals surface area contributed by atoms with E-state index in [4.69, 9.17) is 5.73 Å². The molecule has 80 valence electrons. The van der Waals surface area contributed by atoms with Gasteiger partial charge in [-0.3, -0.25) is 4.57 Å². The highest BCUT2D eigenvalue weighted by atomic mass is 15.2. The lowest BCUT2D eigenvalue weighted by Crippen LogP contribution is -2.11. The van der Waals surface area contributed by atoms with Crippen LogP contribution in [0.1, 0.15) is 6.42 Å². The summed E-state index contributed by atoms with van der Waals surface area (Å²) in [4.78, 5) is 8.70. The van der Waals surface area contributed by atoms with Crippen LogP contribution < -0.4 is 11.1 Å². The molecule has 0 saturated heterocycles. The van der Waals surface area contributed by atoms with Crippen LogP contribution in [0.2, 0.25) is 0 Å². The molecule has 2 aromatic rings. The van der Waals surface area contributed by atoms with Crippen molar-refractivity contribution in [3.63, 3.8) is 0 Å². The number of aromatic nitrogens is 3. The predicted molar refractivity (Wildman–Crippen MR) is 60.7 cm³/mol. The van der Waals surface area contributed by atoms with Crippen LogP contribution in [-0.2, 0) is 7.05 Å². The zero-order valence-corrected chi connectivity index (χ0v) is 8.77. The topological polar surface area (TPSA) is 68.8 Å². The van der Waals surface area contributed by atoms with Crippen molar-refractivity contribution in [3.8, 4) is 0 Å². The molecule has 3 N–H and O–H groups in total. The molecule has 0 aliphatic carbocycles. The van der Waals surface area contributed by atoms with E-state index in [1.165, 1.54) is 0 Å². The minimum Gasteiger partial charge on any atom is -0.356 e. The SMILES string of the molecule is Cn1c(NCCCN)nc2cccnc21. The first kappa shape index (κ1) is 9.92. The largest absolute Gasteiger partial charge is 0.356 e. The Morgan fingerprint density at radius 1 is 1.53 bits per heavy atom. The highest BCUT2D eigenvalue weighted by molar-refractivity contribution is 5.74. The third-order valence-electron chi connectivity index (χ3n) is 2.29. The first-order valence-corrected chi connectivity index (χ1v) is 5.04. The molecule has 0 atom stereocenters. The van der Waals surface area contributed by atoms with Gasteiger partial charge in [-0.25, -0.2) is 9.97 Å². The summed E-state index contributed by atoms with van der Waals surface area (Å²) in [5.41, 5.74) is 7.23. The summed E-state index contributed by atoms with van der Waals surface area (Å²) in [7, 11) is 1.95. The molecule has 2 rings (SSSR count). The second-order valence-electron chi connectivity index (χ2n) is 3.41. The zero-order chi connectivity index (χ0) is 10.7. The smallest absolute Gasteiger partial charge is 0.204 e. The van der Waals surface area contributed by atoms with E-state index in [1.54, 1.807) is 6.20 Å². The lowest BCUT2D eigenvalue weighted by molar-refractivity contribution is 0.845. The summed E-state index contributed by atoms with van der Waals surface area (Å²) in [6.45, 7) is 1.53. The number of pyridine rings is 1. The molecule has 2 heterocycles. The molecular formula is C10H15N5. The van der Waals surface area contributed by atoms with Gasteiger partial charge in [-0.05, 0) is 25.1 Å². The molecule has 0 radical (unpaired) electrons. The van der Waals surface area contributed by atoms with Gasteiger partial charge in [0.05, 0.1) is 0 Å². The lowest BCUT2D eigenvalue weighted by Gasteiger charge is -2.03. The van der Waals surface area contributed by atoms with Gasteiger partial charge < -0.3 is 11.1 Å². The number of hydrogen-bond acceptors (Lipinski definition) is 4. The summed E-state index contributed by atoms with van der Waals surface area (Å²) in [6.07, 6.45) is 2.71. The average Bonchev–Trinajstić information content (AvgIpc) is 2.57. The first-order chi connectivity index (χ1) is 7.33. The number of hydrogen-bond donors (Lipinski definition) is 2. The van der Waals surface area contributed by atoms with Gasteiger partial charge in [-0.1, -0.05) is 0 Å². The third-order valence-corrected chi connectivity index (χ3v) is 2.29. The van der Waals surface area contributed by atoms with Crippen molar-refractivity contribution in [2.45, 2.75) is 6.42 Å². The van der Waals surface area contributed by atoms with Crippen LogP contribution in [0, 0.1) is 0 Å². The maximum Gasteiger partial charge on any atom is 0.204 e. The quantitative estimate of drug-likeness (QED) is 0.722. The molecular weight excluding hydrogens is 190 g/mol. The molecule has 0 aliphatic rings. The van der Waals surface area contributed by atoms with Crippen molar-refractivity contribution in [1.82, 2.24) is 14.5 Å². The van der Waals surface area contributed by atoms with Crippen molar-refractivity contribution in [2.24, 2.45) is 12.8 Å². The van der Waals surface area contributed by atoms with Gasteiger partial charge in [-0.2, -0.15) is 0 Å². The van der Waals surface area contributed by atoms with Gasteiger partial charge in [0.15, 0.2) is 5.65 Å². The Hall–Kier alpha value is -1.62. The minimum absolute atomic E-state index is 0.690. The Labute approximate surface area is 88.3 Å². The molecule has 5 heteroatoms. The fourth-order valence-corrected chi connectivity index (χ4v) is 1.48. The van der Waals surface area contributed by atoms with E-state index in [0.29, 0.717) is 6.54 Å². The minimum atomic E-state index is 0.690. The third kappa shape index (κ3) is 1.92. The Kier molecular flexibility index (Phi) is 2.82. The number of aryl methyl sites for hydroxylation is 1. The highest BCUT2D eigenvalue weighted by Crippen LogP contribution is 2.14. The average molecular weight is 205 g/mol. The monoisotopic (exact) mass is 205 g/mol. The van der Waals surface area contributed by atoms with E-state index >= 15 is 0 Å². The van der Waals surface area contributed by atoms with Crippen molar-refractivity contribution >= 4 is 17.1 Å². The number of imidazole rings is 1. The normalized spacial score (nSPS) is 10.8. The summed E-state index contributed by atoms with van der Waals surface area (Å²) >= 11 is 0. The van der Waals surface area contributed by atoms with Gasteiger partial charge in [-0.15, -0.1) is 0 Å². The first-order valence-electron chi connectivity index (χ1n) is 5.04. The molecule has 0 saturated carbocycles. The molecule has 0 spiro atoms. The molecule has 0 bridgehead atoms. The lowest BCUT2D eigenvalue weighted by atomic mass is 10.4. The number of rotatable bonds is 4. The van der Waals surface area contributed by atoms with Gasteiger partial charge in [0.25, 0.3) is 0 Å². The molecule has 5 nitrogen and oxygen atoms in total. The number of anilines is 1. The van der Waals surface area contributed by atoms with E-state index in [9.17, 15) is 0 Å². The maximum atomic E-state index is 5.43. The van der Waals surface area contributed by atoms with Crippen LogP contribution in [-0.4, -0.2) is 27.6 Å². The van der Waals surface area contributed by atoms with E-state index in [2.05, 4.69) is 15.3 Å². The Bertz CT molecular complexity index is 448. The fourth-order valence-electron chi connectivity index (χ4n) is 1.48. The number of nitrogens with two attached hydrogens (primary N) is 1. The standard InChI is InChI=1S/C10H15N5/c1-15-9-8(4-2-6-12-9)14-10(15)13-7-3-5-11/h2,4,6H,3,5,7,11H2,1H3,(H,13,14). The van der Waals surface area contributed by atoms with Gasteiger partial charge >= 0.3 is 0 Å². The summed E-state index contributed by atoms with van der Waals surface area (Å²) in [5, 5.41) is 3.24. The van der Waals surface area contributed by atoms with Gasteiger partial charge in [0.2, 0.25) is 5.95 Å². The van der Waals surface area contributed by atoms with Crippen molar-refractivity contribution in [2.75, 3.05) is 18.4 Å². The number of nitrogens with one attached hydrogen (secondary N) is 1. The predicted octanol–water partition coefficient (Wildman–Crippen LogP) is 0.729. The fraction of sp³-hybridized carbons (Fsp3) is 0.400. The van der Waals surface area contributed by atoms with Gasteiger partial charge in [0.1, 0.15) is 5.52 Å². The van der Waals surface area contributed by atoms with Crippen molar-refractivity contribution in [1.29, 1.82) is 0 Å². The Morgan fingerprint density at radius 2 is 2.40 bits per heavy atom. The molecule has 0 aliphatic heterocycles. The molecule has 2 aromatic heterocycles. The molecule has 0 aromatic carbocycles. The summed E-state index contributed by atoms with van der Waals surface area (Å²) in [5.74, 6) is 0.845. The maximum absolute atomic E-state index is 5.43. The molecule has 0 unspecified atom stereocenters.